The quantitative estimate of drug-likeness (QED) is 0.622. The molecule has 1 aromatic rings. The second kappa shape index (κ2) is 10.2. The number of rotatable bonds is 8. The molecule has 2 fully saturated rings. The molecule has 6 heteroatoms. The van der Waals surface area contributed by atoms with Gasteiger partial charge in [-0.15, -0.1) is 0 Å². The van der Waals surface area contributed by atoms with E-state index in [-0.39, 0.29) is 23.3 Å². The van der Waals surface area contributed by atoms with Gasteiger partial charge in [0.15, 0.2) is 0 Å². The average molecular weight is 444 g/mol. The van der Waals surface area contributed by atoms with Crippen molar-refractivity contribution >= 4 is 12.0 Å². The third-order valence-electron chi connectivity index (χ3n) is 7.17. The number of carbonyl (C=O) groups excluding carboxylic acids is 1. The second-order valence-corrected chi connectivity index (χ2v) is 11.3. The van der Waals surface area contributed by atoms with Crippen molar-refractivity contribution < 1.29 is 14.7 Å². The van der Waals surface area contributed by atoms with Crippen molar-refractivity contribution in [3.8, 4) is 0 Å². The van der Waals surface area contributed by atoms with Crippen molar-refractivity contribution in [3.63, 3.8) is 0 Å². The Hall–Kier alpha value is -2.08. The van der Waals surface area contributed by atoms with E-state index in [4.69, 9.17) is 0 Å². The van der Waals surface area contributed by atoms with Gasteiger partial charge in [-0.3, -0.25) is 14.6 Å². The van der Waals surface area contributed by atoms with Gasteiger partial charge < -0.3 is 10.4 Å². The highest BCUT2D eigenvalue weighted by molar-refractivity contribution is 5.85. The minimum absolute atomic E-state index is 0.135. The molecule has 1 saturated carbocycles. The van der Waals surface area contributed by atoms with Crippen molar-refractivity contribution in [3.05, 3.63) is 35.9 Å². The molecule has 0 radical (unpaired) electrons. The first-order valence-corrected chi connectivity index (χ1v) is 12.1. The zero-order valence-electron chi connectivity index (χ0n) is 20.4. The smallest absolute Gasteiger partial charge is 0.407 e. The third kappa shape index (κ3) is 6.47. The maximum atomic E-state index is 13.3. The fraction of sp³-hybridized carbons (Fsp3) is 0.692. The number of nitrogens with zero attached hydrogens (tertiary/aromatic N) is 2. The van der Waals surface area contributed by atoms with Crippen molar-refractivity contribution in [2.24, 2.45) is 23.2 Å². The molecule has 2 amide bonds. The average Bonchev–Trinajstić information content (AvgIpc) is 3.26. The van der Waals surface area contributed by atoms with Crippen LogP contribution >= 0.6 is 0 Å². The van der Waals surface area contributed by atoms with Crippen LogP contribution < -0.4 is 5.32 Å². The predicted octanol–water partition coefficient (Wildman–Crippen LogP) is 4.45. The van der Waals surface area contributed by atoms with Crippen molar-refractivity contribution in [2.75, 3.05) is 20.1 Å². The van der Waals surface area contributed by atoms with E-state index in [1.807, 2.05) is 6.07 Å². The van der Waals surface area contributed by atoms with Crippen molar-refractivity contribution in [2.45, 2.75) is 72.0 Å². The molecule has 1 saturated heterocycles. The SMILES string of the molecule is CC(C[C@@H](C(=O)N[C@H]1CC[C@@H]2CN(Cc3ccccc3)C[C@@H]21)N(C)C(=O)O)CC(C)(C)C. The fourth-order valence-electron chi connectivity index (χ4n) is 5.87. The molecule has 3 rings (SSSR count). The zero-order valence-corrected chi connectivity index (χ0v) is 20.4. The van der Waals surface area contributed by atoms with E-state index in [0.29, 0.717) is 18.3 Å². The molecule has 1 heterocycles. The lowest BCUT2D eigenvalue weighted by Gasteiger charge is -2.31. The van der Waals surface area contributed by atoms with E-state index in [1.165, 1.54) is 17.5 Å². The van der Waals surface area contributed by atoms with Gasteiger partial charge in [-0.05, 0) is 54.4 Å². The van der Waals surface area contributed by atoms with Crippen LogP contribution in [0.5, 0.6) is 0 Å². The topological polar surface area (TPSA) is 72.9 Å². The van der Waals surface area contributed by atoms with Crippen LogP contribution in [0, 0.1) is 23.2 Å². The summed E-state index contributed by atoms with van der Waals surface area (Å²) in [6.07, 6.45) is 2.56. The minimum Gasteiger partial charge on any atom is -0.465 e. The van der Waals surface area contributed by atoms with E-state index < -0.39 is 12.1 Å². The molecular weight excluding hydrogens is 402 g/mol. The Bertz CT molecular complexity index is 776. The molecule has 178 valence electrons. The highest BCUT2D eigenvalue weighted by Gasteiger charge is 2.44. The Morgan fingerprint density at radius 1 is 1.19 bits per heavy atom. The summed E-state index contributed by atoms with van der Waals surface area (Å²) in [5, 5.41) is 12.8. The molecule has 1 aromatic carbocycles. The summed E-state index contributed by atoms with van der Waals surface area (Å²) in [4.78, 5) is 28.7. The van der Waals surface area contributed by atoms with Crippen LogP contribution in [0.1, 0.15) is 58.9 Å². The summed E-state index contributed by atoms with van der Waals surface area (Å²) < 4.78 is 0. The lowest BCUT2D eigenvalue weighted by atomic mass is 9.82. The van der Waals surface area contributed by atoms with Gasteiger partial charge in [0.05, 0.1) is 0 Å². The number of carbonyl (C=O) groups is 2. The number of nitrogens with one attached hydrogen (secondary N) is 1. The standard InChI is InChI=1S/C26H41N3O3/c1-18(14-26(2,3)4)13-23(28(5)25(31)32)24(30)27-22-12-11-20-16-29(17-21(20)22)15-19-9-7-6-8-10-19/h6-10,18,20-23H,11-17H2,1-5H3,(H,27,30)(H,31,32)/t18?,20-,21+,22+,23+/m1/s1. The van der Waals surface area contributed by atoms with Gasteiger partial charge >= 0.3 is 6.09 Å². The highest BCUT2D eigenvalue weighted by atomic mass is 16.4. The summed E-state index contributed by atoms with van der Waals surface area (Å²) in [6, 6.07) is 10.0. The lowest BCUT2D eigenvalue weighted by molar-refractivity contribution is -0.127. The summed E-state index contributed by atoms with van der Waals surface area (Å²) in [5.74, 6) is 1.18. The molecule has 1 unspecified atom stereocenters. The van der Waals surface area contributed by atoms with E-state index in [2.05, 4.69) is 62.2 Å². The fourth-order valence-corrected chi connectivity index (χ4v) is 5.87. The van der Waals surface area contributed by atoms with Gasteiger partial charge in [-0.2, -0.15) is 0 Å². The number of benzene rings is 1. The molecule has 1 aliphatic carbocycles. The number of carboxylic acid groups (broad SMARTS) is 1. The first-order valence-electron chi connectivity index (χ1n) is 12.1. The van der Waals surface area contributed by atoms with Crippen LogP contribution in [0.25, 0.3) is 0 Å². The molecule has 2 N–H and O–H groups in total. The highest BCUT2D eigenvalue weighted by Crippen LogP contribution is 2.39. The molecule has 5 atom stereocenters. The Morgan fingerprint density at radius 3 is 2.50 bits per heavy atom. The second-order valence-electron chi connectivity index (χ2n) is 11.3. The van der Waals surface area contributed by atoms with Gasteiger partial charge in [0.25, 0.3) is 0 Å². The summed E-state index contributed by atoms with van der Waals surface area (Å²) in [7, 11) is 1.52. The number of hydrogen-bond donors (Lipinski definition) is 2. The number of fused-ring (bicyclic) bond motifs is 1. The molecule has 32 heavy (non-hydrogen) atoms. The Kier molecular flexibility index (Phi) is 7.86. The molecule has 1 aliphatic heterocycles. The summed E-state index contributed by atoms with van der Waals surface area (Å²) in [5.41, 5.74) is 1.47. The van der Waals surface area contributed by atoms with E-state index in [0.717, 1.165) is 38.9 Å². The van der Waals surface area contributed by atoms with Crippen LogP contribution in [0.15, 0.2) is 30.3 Å². The molecule has 6 nitrogen and oxygen atoms in total. The number of likely N-dealkylation sites (tertiary alicyclic amines) is 1. The van der Waals surface area contributed by atoms with E-state index in [1.54, 1.807) is 0 Å². The summed E-state index contributed by atoms with van der Waals surface area (Å²) >= 11 is 0. The number of amides is 2. The van der Waals surface area contributed by atoms with Gasteiger partial charge in [0.2, 0.25) is 5.91 Å². The van der Waals surface area contributed by atoms with Gasteiger partial charge in [0.1, 0.15) is 6.04 Å². The first kappa shape index (κ1) is 24.6. The van der Waals surface area contributed by atoms with Crippen molar-refractivity contribution in [1.29, 1.82) is 0 Å². The Morgan fingerprint density at radius 2 is 1.88 bits per heavy atom. The minimum atomic E-state index is -1.05. The lowest BCUT2D eigenvalue weighted by Crippen LogP contribution is -2.52. The molecule has 0 aromatic heterocycles. The van der Waals surface area contributed by atoms with Crippen LogP contribution in [0.4, 0.5) is 4.79 Å². The largest absolute Gasteiger partial charge is 0.465 e. The first-order chi connectivity index (χ1) is 15.0. The van der Waals surface area contributed by atoms with Gasteiger partial charge in [0, 0.05) is 32.7 Å². The summed E-state index contributed by atoms with van der Waals surface area (Å²) in [6.45, 7) is 11.7. The van der Waals surface area contributed by atoms with E-state index in [9.17, 15) is 14.7 Å². The Balaban J connectivity index is 1.61. The molecule has 2 aliphatic rings. The van der Waals surface area contributed by atoms with Crippen molar-refractivity contribution in [1.82, 2.24) is 15.1 Å². The zero-order chi connectivity index (χ0) is 23.5. The number of hydrogen-bond acceptors (Lipinski definition) is 3. The maximum absolute atomic E-state index is 13.3. The monoisotopic (exact) mass is 443 g/mol. The molecule has 0 spiro atoms. The van der Waals surface area contributed by atoms with E-state index >= 15 is 0 Å². The maximum Gasteiger partial charge on any atom is 0.407 e. The van der Waals surface area contributed by atoms with Crippen LogP contribution in [0.2, 0.25) is 0 Å². The number of likely N-dealkylation sites (N-methyl/N-ethyl adjacent to an activating group) is 1. The molecular formula is C26H41N3O3. The van der Waals surface area contributed by atoms with Crippen LogP contribution in [-0.2, 0) is 11.3 Å². The van der Waals surface area contributed by atoms with Gasteiger partial charge in [-0.1, -0.05) is 58.0 Å². The van der Waals surface area contributed by atoms with Crippen LogP contribution in [-0.4, -0.2) is 59.1 Å². The normalized spacial score (nSPS) is 25.2. The Labute approximate surface area is 193 Å². The van der Waals surface area contributed by atoms with Crippen LogP contribution in [0.3, 0.4) is 0 Å². The molecule has 0 bridgehead atoms. The van der Waals surface area contributed by atoms with Gasteiger partial charge in [-0.25, -0.2) is 4.79 Å². The predicted molar refractivity (Wildman–Crippen MR) is 127 cm³/mol. The third-order valence-corrected chi connectivity index (χ3v) is 7.17.